The number of carbonyl (C=O) groups excluding carboxylic acids is 1. The minimum Gasteiger partial charge on any atom is -0.497 e. The fraction of sp³-hybridized carbons (Fsp3) is 0.286. The Balaban J connectivity index is 1.78. The Kier molecular flexibility index (Phi) is 7.12. The summed E-state index contributed by atoms with van der Waals surface area (Å²) in [5.74, 6) is 0.874. The highest BCUT2D eigenvalue weighted by molar-refractivity contribution is 8.15. The van der Waals surface area contributed by atoms with Gasteiger partial charge in [-0.3, -0.25) is 9.69 Å². The SMILES string of the molecule is CCCC1S/C(=N\N=C\c2ccc(Cl)cc2)N(Cc2ccc(OC)cc2)C1=O. The molecule has 0 aromatic heterocycles. The summed E-state index contributed by atoms with van der Waals surface area (Å²) in [6.45, 7) is 2.54. The Bertz CT molecular complexity index is 866. The molecular formula is C21H22ClN3O2S. The van der Waals surface area contributed by atoms with E-state index in [9.17, 15) is 4.79 Å². The molecule has 7 heteroatoms. The lowest BCUT2D eigenvalue weighted by Crippen LogP contribution is -2.31. The van der Waals surface area contributed by atoms with Crippen LogP contribution in [0.4, 0.5) is 0 Å². The van der Waals surface area contributed by atoms with Gasteiger partial charge in [-0.2, -0.15) is 5.10 Å². The molecule has 146 valence electrons. The first-order valence-corrected chi connectivity index (χ1v) is 10.3. The summed E-state index contributed by atoms with van der Waals surface area (Å²) >= 11 is 7.38. The van der Waals surface area contributed by atoms with Crippen molar-refractivity contribution in [3.8, 4) is 5.75 Å². The molecule has 1 unspecified atom stereocenters. The van der Waals surface area contributed by atoms with Crippen molar-refractivity contribution in [2.24, 2.45) is 10.2 Å². The lowest BCUT2D eigenvalue weighted by molar-refractivity contribution is -0.126. The quantitative estimate of drug-likeness (QED) is 0.473. The van der Waals surface area contributed by atoms with Crippen LogP contribution in [-0.4, -0.2) is 34.5 Å². The number of methoxy groups -OCH3 is 1. The van der Waals surface area contributed by atoms with Crippen molar-refractivity contribution in [1.29, 1.82) is 0 Å². The minimum atomic E-state index is -0.104. The van der Waals surface area contributed by atoms with Crippen LogP contribution in [0.3, 0.4) is 0 Å². The Hall–Kier alpha value is -2.31. The molecule has 28 heavy (non-hydrogen) atoms. The summed E-state index contributed by atoms with van der Waals surface area (Å²) in [6.07, 6.45) is 3.43. The van der Waals surface area contributed by atoms with Crippen LogP contribution < -0.4 is 4.74 Å². The summed E-state index contributed by atoms with van der Waals surface area (Å²) in [7, 11) is 1.63. The number of ether oxygens (including phenoxy) is 1. The van der Waals surface area contributed by atoms with Crippen molar-refractivity contribution in [3.05, 3.63) is 64.7 Å². The van der Waals surface area contributed by atoms with Crippen molar-refractivity contribution in [1.82, 2.24) is 4.90 Å². The van der Waals surface area contributed by atoms with E-state index >= 15 is 0 Å². The molecule has 1 aliphatic heterocycles. The van der Waals surface area contributed by atoms with E-state index in [0.717, 1.165) is 29.7 Å². The second kappa shape index (κ2) is 9.75. The van der Waals surface area contributed by atoms with Crippen LogP contribution in [0, 0.1) is 0 Å². The molecule has 0 aliphatic carbocycles. The van der Waals surface area contributed by atoms with E-state index in [4.69, 9.17) is 16.3 Å². The largest absolute Gasteiger partial charge is 0.497 e. The van der Waals surface area contributed by atoms with Gasteiger partial charge in [-0.05, 0) is 41.8 Å². The average Bonchev–Trinajstić information content (AvgIpc) is 2.99. The molecule has 1 saturated heterocycles. The first kappa shape index (κ1) is 20.4. The van der Waals surface area contributed by atoms with Gasteiger partial charge < -0.3 is 4.74 Å². The number of carbonyl (C=O) groups is 1. The van der Waals surface area contributed by atoms with Gasteiger partial charge in [0.25, 0.3) is 0 Å². The van der Waals surface area contributed by atoms with Crippen molar-refractivity contribution in [2.75, 3.05) is 7.11 Å². The van der Waals surface area contributed by atoms with Crippen LogP contribution in [0.1, 0.15) is 30.9 Å². The molecule has 2 aromatic carbocycles. The third-order valence-corrected chi connectivity index (χ3v) is 5.78. The maximum atomic E-state index is 12.8. The van der Waals surface area contributed by atoms with Gasteiger partial charge in [0.15, 0.2) is 5.17 Å². The van der Waals surface area contributed by atoms with Gasteiger partial charge in [0.1, 0.15) is 5.75 Å². The van der Waals surface area contributed by atoms with E-state index in [-0.39, 0.29) is 11.2 Å². The number of hydrogen-bond acceptors (Lipinski definition) is 5. The molecule has 1 amide bonds. The molecule has 1 heterocycles. The molecule has 3 rings (SSSR count). The highest BCUT2D eigenvalue weighted by atomic mass is 35.5. The number of hydrogen-bond donors (Lipinski definition) is 0. The van der Waals surface area contributed by atoms with Gasteiger partial charge in [-0.15, -0.1) is 5.10 Å². The number of thioether (sulfide) groups is 1. The zero-order valence-electron chi connectivity index (χ0n) is 15.8. The fourth-order valence-corrected chi connectivity index (χ4v) is 4.12. The lowest BCUT2D eigenvalue weighted by atomic mass is 10.2. The monoisotopic (exact) mass is 415 g/mol. The average molecular weight is 416 g/mol. The summed E-state index contributed by atoms with van der Waals surface area (Å²) < 4.78 is 5.20. The molecule has 1 aliphatic rings. The zero-order valence-corrected chi connectivity index (χ0v) is 17.4. The number of amides is 1. The van der Waals surface area contributed by atoms with Gasteiger partial charge in [0.05, 0.1) is 25.1 Å². The predicted octanol–water partition coefficient (Wildman–Crippen LogP) is 4.98. The van der Waals surface area contributed by atoms with E-state index in [1.165, 1.54) is 11.8 Å². The third kappa shape index (κ3) is 5.14. The van der Waals surface area contributed by atoms with Crippen LogP contribution >= 0.6 is 23.4 Å². The Morgan fingerprint density at radius 1 is 1.18 bits per heavy atom. The van der Waals surface area contributed by atoms with Gasteiger partial charge in [-0.25, -0.2) is 0 Å². The molecular weight excluding hydrogens is 394 g/mol. The second-order valence-corrected chi connectivity index (χ2v) is 7.95. The number of benzene rings is 2. The maximum absolute atomic E-state index is 12.8. The Morgan fingerprint density at radius 2 is 1.89 bits per heavy atom. The molecule has 0 spiro atoms. The van der Waals surface area contributed by atoms with E-state index in [1.54, 1.807) is 30.4 Å². The molecule has 0 radical (unpaired) electrons. The number of halogens is 1. The highest BCUT2D eigenvalue weighted by Gasteiger charge is 2.37. The van der Waals surface area contributed by atoms with Crippen LogP contribution in [0.2, 0.25) is 5.02 Å². The predicted molar refractivity (Wildman–Crippen MR) is 116 cm³/mol. The normalized spacial score (nSPS) is 18.4. The van der Waals surface area contributed by atoms with Crippen LogP contribution in [0.25, 0.3) is 0 Å². The maximum Gasteiger partial charge on any atom is 0.242 e. The van der Waals surface area contributed by atoms with Crippen LogP contribution in [0.15, 0.2) is 58.7 Å². The fourth-order valence-electron chi connectivity index (χ4n) is 2.78. The first-order chi connectivity index (χ1) is 13.6. The second-order valence-electron chi connectivity index (χ2n) is 6.35. The van der Waals surface area contributed by atoms with E-state index in [1.807, 2.05) is 36.4 Å². The Morgan fingerprint density at radius 3 is 2.54 bits per heavy atom. The van der Waals surface area contributed by atoms with Gasteiger partial charge in [0, 0.05) is 5.02 Å². The van der Waals surface area contributed by atoms with Crippen molar-refractivity contribution in [2.45, 2.75) is 31.6 Å². The third-order valence-electron chi connectivity index (χ3n) is 4.29. The van der Waals surface area contributed by atoms with Crippen molar-refractivity contribution < 1.29 is 9.53 Å². The van der Waals surface area contributed by atoms with E-state index in [2.05, 4.69) is 17.1 Å². The summed E-state index contributed by atoms with van der Waals surface area (Å²) in [5.41, 5.74) is 1.91. The van der Waals surface area contributed by atoms with E-state index in [0.29, 0.717) is 16.7 Å². The lowest BCUT2D eigenvalue weighted by Gasteiger charge is -2.16. The van der Waals surface area contributed by atoms with Crippen molar-refractivity contribution in [3.63, 3.8) is 0 Å². The number of amidine groups is 1. The van der Waals surface area contributed by atoms with Crippen LogP contribution in [0.5, 0.6) is 5.75 Å². The molecule has 1 fully saturated rings. The standard InChI is InChI=1S/C21H22ClN3O2S/c1-3-4-19-20(26)25(14-16-7-11-18(27-2)12-8-16)21(28-19)24-23-13-15-5-9-17(22)10-6-15/h5-13,19H,3-4,14H2,1-2H3/b23-13+,24-21-. The molecule has 2 aromatic rings. The minimum absolute atomic E-state index is 0.0862. The summed E-state index contributed by atoms with van der Waals surface area (Å²) in [4.78, 5) is 14.6. The van der Waals surface area contributed by atoms with E-state index < -0.39 is 0 Å². The first-order valence-electron chi connectivity index (χ1n) is 9.08. The smallest absolute Gasteiger partial charge is 0.242 e. The number of nitrogens with zero attached hydrogens (tertiary/aromatic N) is 3. The topological polar surface area (TPSA) is 54.3 Å². The van der Waals surface area contributed by atoms with Gasteiger partial charge in [0.2, 0.25) is 5.91 Å². The number of rotatable bonds is 7. The highest BCUT2D eigenvalue weighted by Crippen LogP contribution is 2.32. The van der Waals surface area contributed by atoms with Gasteiger partial charge >= 0.3 is 0 Å². The van der Waals surface area contributed by atoms with Crippen molar-refractivity contribution >= 4 is 40.7 Å². The summed E-state index contributed by atoms with van der Waals surface area (Å²) in [6, 6.07) is 15.0. The molecule has 0 N–H and O–H groups in total. The van der Waals surface area contributed by atoms with Crippen LogP contribution in [-0.2, 0) is 11.3 Å². The molecule has 1 atom stereocenters. The zero-order chi connectivity index (χ0) is 19.9. The Labute approximate surface area is 174 Å². The molecule has 0 bridgehead atoms. The summed E-state index contributed by atoms with van der Waals surface area (Å²) in [5, 5.41) is 9.72. The van der Waals surface area contributed by atoms with Gasteiger partial charge in [-0.1, -0.05) is 61.0 Å². The molecule has 5 nitrogen and oxygen atoms in total. The molecule has 0 saturated carbocycles.